The Morgan fingerprint density at radius 3 is 2.79 bits per heavy atom. The van der Waals surface area contributed by atoms with Gasteiger partial charge in [0.15, 0.2) is 15.6 Å². The van der Waals surface area contributed by atoms with Crippen LogP contribution in [0.3, 0.4) is 0 Å². The number of nitrogens with zero attached hydrogens (tertiary/aromatic N) is 2. The summed E-state index contributed by atoms with van der Waals surface area (Å²) in [6, 6.07) is 2.62. The lowest BCUT2D eigenvalue weighted by molar-refractivity contribution is 0.246. The maximum atomic E-state index is 11.3. The van der Waals surface area contributed by atoms with E-state index in [4.69, 9.17) is 4.52 Å². The third-order valence-electron chi connectivity index (χ3n) is 3.57. The summed E-state index contributed by atoms with van der Waals surface area (Å²) in [5, 5.41) is 7.41. The van der Waals surface area contributed by atoms with Crippen LogP contribution in [0.15, 0.2) is 10.6 Å². The van der Waals surface area contributed by atoms with Crippen LogP contribution in [0, 0.1) is 0 Å². The molecule has 106 valence electrons. The highest BCUT2D eigenvalue weighted by Crippen LogP contribution is 2.19. The van der Waals surface area contributed by atoms with Crippen LogP contribution in [0.5, 0.6) is 0 Å². The lowest BCUT2D eigenvalue weighted by atomic mass is 10.3. The van der Waals surface area contributed by atoms with E-state index in [2.05, 4.69) is 15.4 Å². The molecular formula is C12H19N3O3S. The molecule has 1 aromatic heterocycles. The quantitative estimate of drug-likeness (QED) is 0.830. The molecule has 2 aliphatic rings. The van der Waals surface area contributed by atoms with Crippen molar-refractivity contribution >= 4 is 9.84 Å². The molecule has 1 aromatic rings. The highest BCUT2D eigenvalue weighted by molar-refractivity contribution is 7.91. The third-order valence-corrected chi connectivity index (χ3v) is 5.18. The van der Waals surface area contributed by atoms with Crippen LogP contribution in [0.4, 0.5) is 0 Å². The van der Waals surface area contributed by atoms with Crippen LogP contribution in [0.25, 0.3) is 0 Å². The molecule has 19 heavy (non-hydrogen) atoms. The molecule has 1 N–H and O–H groups in total. The lowest BCUT2D eigenvalue weighted by Gasteiger charge is -2.25. The second kappa shape index (κ2) is 5.22. The van der Waals surface area contributed by atoms with Gasteiger partial charge in [-0.3, -0.25) is 4.90 Å². The van der Waals surface area contributed by atoms with Gasteiger partial charge in [-0.2, -0.15) is 0 Å². The molecule has 0 unspecified atom stereocenters. The molecule has 0 aromatic carbocycles. The molecule has 0 radical (unpaired) electrons. The first kappa shape index (κ1) is 13.1. The summed E-state index contributed by atoms with van der Waals surface area (Å²) in [5.41, 5.74) is 0.923. The van der Waals surface area contributed by atoms with Crippen LogP contribution in [0.1, 0.15) is 24.3 Å². The number of sulfone groups is 1. The van der Waals surface area contributed by atoms with E-state index in [-0.39, 0.29) is 11.5 Å². The molecule has 1 aliphatic heterocycles. The van der Waals surface area contributed by atoms with Gasteiger partial charge in [0, 0.05) is 31.7 Å². The molecule has 0 bridgehead atoms. The summed E-state index contributed by atoms with van der Waals surface area (Å²) >= 11 is 0. The van der Waals surface area contributed by atoms with Gasteiger partial charge in [-0.25, -0.2) is 8.42 Å². The fraction of sp³-hybridized carbons (Fsp3) is 0.750. The number of hydrogen-bond donors (Lipinski definition) is 1. The average Bonchev–Trinajstić information content (AvgIpc) is 3.10. The lowest BCUT2D eigenvalue weighted by Crippen LogP contribution is -2.39. The summed E-state index contributed by atoms with van der Waals surface area (Å²) in [6.45, 7) is 2.56. The number of hydrogen-bond acceptors (Lipinski definition) is 6. The molecule has 0 amide bonds. The van der Waals surface area contributed by atoms with Crippen molar-refractivity contribution in [1.82, 2.24) is 15.4 Å². The van der Waals surface area contributed by atoms with Gasteiger partial charge in [0.2, 0.25) is 0 Å². The Morgan fingerprint density at radius 1 is 1.37 bits per heavy atom. The number of aromatic nitrogens is 1. The van der Waals surface area contributed by atoms with Crippen molar-refractivity contribution in [3.05, 3.63) is 17.5 Å². The van der Waals surface area contributed by atoms with Crippen molar-refractivity contribution in [1.29, 1.82) is 0 Å². The summed E-state index contributed by atoms with van der Waals surface area (Å²) in [5.74, 6) is 1.31. The molecule has 0 atom stereocenters. The van der Waals surface area contributed by atoms with Gasteiger partial charge in [-0.1, -0.05) is 5.16 Å². The van der Waals surface area contributed by atoms with E-state index in [1.165, 1.54) is 12.8 Å². The highest BCUT2D eigenvalue weighted by atomic mass is 32.2. The zero-order valence-corrected chi connectivity index (χ0v) is 11.7. The maximum Gasteiger partial charge on any atom is 0.152 e. The fourth-order valence-corrected chi connectivity index (χ4v) is 3.46. The van der Waals surface area contributed by atoms with E-state index in [9.17, 15) is 8.42 Å². The van der Waals surface area contributed by atoms with Gasteiger partial charge in [0.25, 0.3) is 0 Å². The van der Waals surface area contributed by atoms with Gasteiger partial charge in [-0.05, 0) is 12.8 Å². The Bertz CT molecular complexity index is 522. The minimum atomic E-state index is -2.81. The summed E-state index contributed by atoms with van der Waals surface area (Å²) in [7, 11) is -2.81. The van der Waals surface area contributed by atoms with E-state index in [0.717, 1.165) is 18.0 Å². The summed E-state index contributed by atoms with van der Waals surface area (Å²) < 4.78 is 28.0. The molecule has 6 nitrogen and oxygen atoms in total. The smallest absolute Gasteiger partial charge is 0.152 e. The van der Waals surface area contributed by atoms with Crippen molar-refractivity contribution in [2.24, 2.45) is 0 Å². The van der Waals surface area contributed by atoms with E-state index in [1.54, 1.807) is 0 Å². The van der Waals surface area contributed by atoms with Gasteiger partial charge in [0.1, 0.15) is 0 Å². The molecule has 2 heterocycles. The SMILES string of the molecule is O=S1(=O)CCN(Cc2cc(CNC3CC3)no2)CC1. The van der Waals surface area contributed by atoms with Gasteiger partial charge < -0.3 is 9.84 Å². The summed E-state index contributed by atoms with van der Waals surface area (Å²) in [6.07, 6.45) is 2.51. The minimum Gasteiger partial charge on any atom is -0.360 e. The molecule has 2 fully saturated rings. The van der Waals surface area contributed by atoms with E-state index in [1.807, 2.05) is 6.07 Å². The van der Waals surface area contributed by atoms with Crippen LogP contribution in [-0.4, -0.2) is 49.1 Å². The molecular weight excluding hydrogens is 266 g/mol. The Morgan fingerprint density at radius 2 is 2.11 bits per heavy atom. The van der Waals surface area contributed by atoms with Gasteiger partial charge in [0.05, 0.1) is 23.7 Å². The second-order valence-electron chi connectivity index (χ2n) is 5.37. The van der Waals surface area contributed by atoms with Gasteiger partial charge in [-0.15, -0.1) is 0 Å². The largest absolute Gasteiger partial charge is 0.360 e. The van der Waals surface area contributed by atoms with Crippen molar-refractivity contribution in [3.63, 3.8) is 0 Å². The predicted molar refractivity (Wildman–Crippen MR) is 70.3 cm³/mol. The van der Waals surface area contributed by atoms with Crippen LogP contribution >= 0.6 is 0 Å². The van der Waals surface area contributed by atoms with Crippen LogP contribution in [0.2, 0.25) is 0 Å². The van der Waals surface area contributed by atoms with Crippen LogP contribution < -0.4 is 5.32 Å². The van der Waals surface area contributed by atoms with E-state index >= 15 is 0 Å². The highest BCUT2D eigenvalue weighted by Gasteiger charge is 2.23. The van der Waals surface area contributed by atoms with Crippen molar-refractivity contribution in [2.75, 3.05) is 24.6 Å². The van der Waals surface area contributed by atoms with E-state index in [0.29, 0.717) is 25.7 Å². The Kier molecular flexibility index (Phi) is 3.60. The van der Waals surface area contributed by atoms with Crippen molar-refractivity contribution in [2.45, 2.75) is 32.0 Å². The number of nitrogens with one attached hydrogen (secondary N) is 1. The minimum absolute atomic E-state index is 0.247. The van der Waals surface area contributed by atoms with Crippen LogP contribution in [-0.2, 0) is 22.9 Å². The molecule has 7 heteroatoms. The Hall–Kier alpha value is -0.920. The van der Waals surface area contributed by atoms with E-state index < -0.39 is 9.84 Å². The fourth-order valence-electron chi connectivity index (χ4n) is 2.18. The first-order valence-electron chi connectivity index (χ1n) is 6.71. The summed E-state index contributed by atoms with van der Waals surface area (Å²) in [4.78, 5) is 2.10. The monoisotopic (exact) mass is 285 g/mol. The average molecular weight is 285 g/mol. The molecule has 1 aliphatic carbocycles. The molecule has 1 saturated heterocycles. The topological polar surface area (TPSA) is 75.4 Å². The number of rotatable bonds is 5. The molecule has 0 spiro atoms. The van der Waals surface area contributed by atoms with Crippen molar-refractivity contribution < 1.29 is 12.9 Å². The maximum absolute atomic E-state index is 11.3. The Labute approximate surface area is 113 Å². The standard InChI is InChI=1S/C12H19N3O3S/c16-19(17)5-3-15(4-6-19)9-12-7-11(14-18-12)8-13-10-1-2-10/h7,10,13H,1-6,8-9H2. The predicted octanol–water partition coefficient (Wildman–Crippen LogP) is 0.157. The van der Waals surface area contributed by atoms with Crippen molar-refractivity contribution in [3.8, 4) is 0 Å². The Balaban J connectivity index is 1.49. The normalized spacial score (nSPS) is 23.6. The zero-order chi connectivity index (χ0) is 13.3. The molecule has 3 rings (SSSR count). The third kappa shape index (κ3) is 3.77. The second-order valence-corrected chi connectivity index (χ2v) is 7.67. The van der Waals surface area contributed by atoms with Gasteiger partial charge >= 0.3 is 0 Å². The zero-order valence-electron chi connectivity index (χ0n) is 10.8. The first-order chi connectivity index (χ1) is 9.11. The molecule has 1 saturated carbocycles. The first-order valence-corrected chi connectivity index (χ1v) is 8.53.